The zero-order chi connectivity index (χ0) is 27.1. The number of ether oxygens (including phenoxy) is 1. The number of carbonyl (C=O) groups is 1. The molecule has 3 heterocycles. The van der Waals surface area contributed by atoms with Crippen LogP contribution in [0.3, 0.4) is 0 Å². The van der Waals surface area contributed by atoms with Crippen molar-refractivity contribution in [2.24, 2.45) is 0 Å². The Labute approximate surface area is 224 Å². The Morgan fingerprint density at radius 2 is 1.87 bits per heavy atom. The Balaban J connectivity index is 1.33. The second-order valence-electron chi connectivity index (χ2n) is 10.6. The van der Waals surface area contributed by atoms with E-state index >= 15 is 0 Å². The lowest BCUT2D eigenvalue weighted by atomic mass is 9.91. The van der Waals surface area contributed by atoms with Gasteiger partial charge >= 0.3 is 12.1 Å². The number of hydrogen-bond donors (Lipinski definition) is 1. The third-order valence-electron chi connectivity index (χ3n) is 8.13. The van der Waals surface area contributed by atoms with Crippen molar-refractivity contribution in [1.29, 1.82) is 0 Å². The minimum Gasteiger partial charge on any atom is -0.489 e. The molecule has 0 bridgehead atoms. The van der Waals surface area contributed by atoms with E-state index in [0.29, 0.717) is 23.4 Å². The van der Waals surface area contributed by atoms with Gasteiger partial charge in [-0.1, -0.05) is 31.0 Å². The fraction of sp³-hybridized carbons (Fsp3) is 0.355. The smallest absolute Gasteiger partial charge is 0.416 e. The van der Waals surface area contributed by atoms with Crippen LogP contribution in [0.25, 0.3) is 22.2 Å². The molecule has 1 aliphatic carbocycles. The van der Waals surface area contributed by atoms with E-state index in [1.807, 2.05) is 36.4 Å². The zero-order valence-electron chi connectivity index (χ0n) is 21.4. The Kier molecular flexibility index (Phi) is 6.57. The number of hydrogen-bond acceptors (Lipinski definition) is 3. The summed E-state index contributed by atoms with van der Waals surface area (Å²) in [6.45, 7) is 0.720. The van der Waals surface area contributed by atoms with Crippen molar-refractivity contribution < 1.29 is 27.8 Å². The lowest BCUT2D eigenvalue weighted by Crippen LogP contribution is -2.12. The molecule has 0 radical (unpaired) electrons. The van der Waals surface area contributed by atoms with E-state index in [1.165, 1.54) is 6.07 Å². The summed E-state index contributed by atoms with van der Waals surface area (Å²) >= 11 is 0. The molecule has 0 saturated heterocycles. The molecule has 6 rings (SSSR count). The van der Waals surface area contributed by atoms with Gasteiger partial charge in [-0.2, -0.15) is 13.2 Å². The second-order valence-corrected chi connectivity index (χ2v) is 10.6. The maximum atomic E-state index is 13.9. The van der Waals surface area contributed by atoms with E-state index in [2.05, 4.69) is 9.55 Å². The predicted octanol–water partition coefficient (Wildman–Crippen LogP) is 7.92. The highest BCUT2D eigenvalue weighted by atomic mass is 19.4. The van der Waals surface area contributed by atoms with Gasteiger partial charge in [0.15, 0.2) is 0 Å². The minimum absolute atomic E-state index is 0.00760. The van der Waals surface area contributed by atoms with Gasteiger partial charge < -0.3 is 14.4 Å². The Bertz CT molecular complexity index is 1520. The Hall–Kier alpha value is -3.81. The number of carboxylic acids is 1. The molecular weight excluding hydrogens is 505 g/mol. The number of halogens is 3. The number of alkyl halides is 3. The molecule has 0 spiro atoms. The number of rotatable bonds is 7. The summed E-state index contributed by atoms with van der Waals surface area (Å²) in [5.74, 6) is -0.472. The monoisotopic (exact) mass is 534 g/mol. The van der Waals surface area contributed by atoms with Crippen molar-refractivity contribution in [1.82, 2.24) is 9.55 Å². The quantitative estimate of drug-likeness (QED) is 0.262. The third kappa shape index (κ3) is 4.88. The van der Waals surface area contributed by atoms with Crippen LogP contribution in [-0.4, -0.2) is 20.6 Å². The molecule has 1 atom stereocenters. The van der Waals surface area contributed by atoms with Crippen molar-refractivity contribution >= 4 is 16.9 Å². The molecule has 5 nitrogen and oxygen atoms in total. The molecule has 0 amide bonds. The van der Waals surface area contributed by atoms with Gasteiger partial charge in [0, 0.05) is 40.8 Å². The van der Waals surface area contributed by atoms with Gasteiger partial charge in [0.25, 0.3) is 0 Å². The van der Waals surface area contributed by atoms with E-state index in [1.54, 1.807) is 18.3 Å². The van der Waals surface area contributed by atoms with Gasteiger partial charge in [-0.25, -0.2) is 0 Å². The summed E-state index contributed by atoms with van der Waals surface area (Å²) in [5, 5.41) is 10.4. The highest BCUT2D eigenvalue weighted by Gasteiger charge is 2.36. The summed E-state index contributed by atoms with van der Waals surface area (Å²) in [5.41, 5.74) is 3.87. The highest BCUT2D eigenvalue weighted by Crippen LogP contribution is 2.46. The minimum atomic E-state index is -4.41. The first-order chi connectivity index (χ1) is 18.8. The Morgan fingerprint density at radius 3 is 2.59 bits per heavy atom. The number of aromatic nitrogens is 2. The van der Waals surface area contributed by atoms with Crippen LogP contribution in [-0.2, 0) is 24.1 Å². The van der Waals surface area contributed by atoms with Crippen molar-refractivity contribution in [3.05, 3.63) is 83.2 Å². The van der Waals surface area contributed by atoms with E-state index < -0.39 is 17.7 Å². The van der Waals surface area contributed by atoms with Crippen LogP contribution in [0.2, 0.25) is 0 Å². The van der Waals surface area contributed by atoms with E-state index in [9.17, 15) is 23.1 Å². The molecule has 1 N–H and O–H groups in total. The SMILES string of the molecule is O=C(O)CC1CCn2c1c(-c1ccccn1)c1cc(OCc3ccc(C4CCCC4)c(C(F)(F)F)c3)ccc12. The van der Waals surface area contributed by atoms with Crippen molar-refractivity contribution in [3.63, 3.8) is 0 Å². The molecule has 1 unspecified atom stereocenters. The number of carboxylic acid groups (broad SMARTS) is 1. The van der Waals surface area contributed by atoms with Gasteiger partial charge in [0.05, 0.1) is 17.7 Å². The topological polar surface area (TPSA) is 64.3 Å². The highest BCUT2D eigenvalue weighted by molar-refractivity contribution is 5.99. The van der Waals surface area contributed by atoms with E-state index in [0.717, 1.165) is 60.0 Å². The van der Waals surface area contributed by atoms with Crippen molar-refractivity contribution in [3.8, 4) is 17.0 Å². The molecule has 1 saturated carbocycles. The number of benzene rings is 2. The second kappa shape index (κ2) is 10.1. The number of aryl methyl sites for hydroxylation is 1. The van der Waals surface area contributed by atoms with Crippen LogP contribution < -0.4 is 4.74 Å². The summed E-state index contributed by atoms with van der Waals surface area (Å²) in [7, 11) is 0. The fourth-order valence-corrected chi connectivity index (χ4v) is 6.42. The number of fused-ring (bicyclic) bond motifs is 3. The van der Waals surface area contributed by atoms with Gasteiger partial charge in [-0.05, 0) is 72.7 Å². The zero-order valence-corrected chi connectivity index (χ0v) is 21.4. The fourth-order valence-electron chi connectivity index (χ4n) is 6.42. The third-order valence-corrected chi connectivity index (χ3v) is 8.13. The van der Waals surface area contributed by atoms with E-state index in [-0.39, 0.29) is 24.9 Å². The molecule has 8 heteroatoms. The molecule has 1 aliphatic heterocycles. The maximum Gasteiger partial charge on any atom is 0.416 e. The molecule has 202 valence electrons. The molecular formula is C31H29F3N2O3. The maximum absolute atomic E-state index is 13.9. The van der Waals surface area contributed by atoms with Crippen LogP contribution in [0.1, 0.15) is 72.7 Å². The summed E-state index contributed by atoms with van der Waals surface area (Å²) in [6.07, 6.45) is 1.61. The first-order valence-corrected chi connectivity index (χ1v) is 13.4. The molecule has 1 fully saturated rings. The molecule has 39 heavy (non-hydrogen) atoms. The van der Waals surface area contributed by atoms with Crippen molar-refractivity contribution in [2.75, 3.05) is 0 Å². The van der Waals surface area contributed by atoms with Crippen LogP contribution in [0.5, 0.6) is 5.75 Å². The number of nitrogens with zero attached hydrogens (tertiary/aromatic N) is 2. The Morgan fingerprint density at radius 1 is 1.05 bits per heavy atom. The molecule has 2 aromatic carbocycles. The molecule has 4 aromatic rings. The van der Waals surface area contributed by atoms with Crippen LogP contribution in [0.15, 0.2) is 60.8 Å². The largest absolute Gasteiger partial charge is 0.489 e. The van der Waals surface area contributed by atoms with Crippen LogP contribution >= 0.6 is 0 Å². The predicted molar refractivity (Wildman–Crippen MR) is 142 cm³/mol. The van der Waals surface area contributed by atoms with Gasteiger partial charge in [0.1, 0.15) is 12.4 Å². The lowest BCUT2D eigenvalue weighted by molar-refractivity contribution is -0.139. The van der Waals surface area contributed by atoms with Gasteiger partial charge in [0.2, 0.25) is 0 Å². The first-order valence-electron chi connectivity index (χ1n) is 13.4. The van der Waals surface area contributed by atoms with E-state index in [4.69, 9.17) is 4.74 Å². The van der Waals surface area contributed by atoms with Crippen LogP contribution in [0.4, 0.5) is 13.2 Å². The number of aliphatic carboxylic acids is 1. The summed E-state index contributed by atoms with van der Waals surface area (Å²) < 4.78 is 50.0. The summed E-state index contributed by atoms with van der Waals surface area (Å²) in [6, 6.07) is 15.9. The molecule has 2 aliphatic rings. The standard InChI is InChI=1S/C31H29F3N2O3/c32-31(33,34)25-15-19(8-10-23(25)20-5-1-2-6-20)18-39-22-9-11-27-24(17-22)29(26-7-3-4-13-35-26)30-21(16-28(37)38)12-14-36(27)30/h3-4,7-11,13,15,17,20-21H,1-2,5-6,12,14,16,18H2,(H,37,38). The molecule has 2 aromatic heterocycles. The number of pyridine rings is 1. The average molecular weight is 535 g/mol. The van der Waals surface area contributed by atoms with Gasteiger partial charge in [-0.15, -0.1) is 0 Å². The van der Waals surface area contributed by atoms with Crippen molar-refractivity contribution in [2.45, 2.75) is 69.7 Å². The van der Waals surface area contributed by atoms with Gasteiger partial charge in [-0.3, -0.25) is 9.78 Å². The average Bonchev–Trinajstić information content (AvgIpc) is 3.65. The van der Waals surface area contributed by atoms with Crippen LogP contribution in [0, 0.1) is 0 Å². The normalized spacial score (nSPS) is 17.6. The lowest BCUT2D eigenvalue weighted by Gasteiger charge is -2.19. The summed E-state index contributed by atoms with van der Waals surface area (Å²) in [4.78, 5) is 16.1. The first kappa shape index (κ1) is 25.5.